The van der Waals surface area contributed by atoms with Crippen LogP contribution in [0.25, 0.3) is 0 Å². The Morgan fingerprint density at radius 3 is 2.21 bits per heavy atom. The Morgan fingerprint density at radius 1 is 1.11 bits per heavy atom. The molecule has 1 heterocycles. The Morgan fingerprint density at radius 2 is 1.74 bits per heavy atom. The highest BCUT2D eigenvalue weighted by Gasteiger charge is 2.08. The first kappa shape index (κ1) is 16.0. The van der Waals surface area contributed by atoms with Crippen LogP contribution in [-0.2, 0) is 7.05 Å². The van der Waals surface area contributed by atoms with E-state index in [0.29, 0.717) is 0 Å². The fraction of sp³-hybridized carbons (Fsp3) is 0.308. The second-order valence-electron chi connectivity index (χ2n) is 4.32. The van der Waals surface area contributed by atoms with Crippen LogP contribution in [0.15, 0.2) is 40.6 Å². The van der Waals surface area contributed by atoms with Crippen LogP contribution in [0.3, 0.4) is 0 Å². The molecule has 0 atom stereocenters. The van der Waals surface area contributed by atoms with Crippen molar-refractivity contribution in [3.05, 3.63) is 36.0 Å². The van der Waals surface area contributed by atoms with E-state index >= 15 is 0 Å². The molecular formula is C13H17IN4S. The number of hydrogen-bond acceptors (Lipinski definition) is 4. The summed E-state index contributed by atoms with van der Waals surface area (Å²) in [5, 5.41) is 9.40. The number of rotatable bonds is 3. The lowest BCUT2D eigenvalue weighted by Gasteiger charge is -2.11. The Balaban J connectivity index is 0.00000180. The zero-order valence-corrected chi connectivity index (χ0v) is 14.4. The van der Waals surface area contributed by atoms with Gasteiger partial charge in [0.2, 0.25) is 5.00 Å². The summed E-state index contributed by atoms with van der Waals surface area (Å²) < 4.78 is 2.07. The third-order valence-electron chi connectivity index (χ3n) is 2.69. The lowest BCUT2D eigenvalue weighted by molar-refractivity contribution is -0.607. The van der Waals surface area contributed by atoms with Gasteiger partial charge >= 0.3 is 0 Å². The molecule has 6 heteroatoms. The number of hydrogen-bond donors (Lipinski definition) is 0. The summed E-state index contributed by atoms with van der Waals surface area (Å²) in [4.78, 5) is 2.06. The monoisotopic (exact) mass is 388 g/mol. The minimum absolute atomic E-state index is 0. The molecule has 1 aromatic carbocycles. The Hall–Kier alpha value is -1.02. The second-order valence-corrected chi connectivity index (χ2v) is 5.47. The summed E-state index contributed by atoms with van der Waals surface area (Å²) in [6, 6.07) is 10.0. The topological polar surface area (TPSA) is 31.8 Å². The van der Waals surface area contributed by atoms with Crippen LogP contribution in [0.4, 0.5) is 16.4 Å². The number of nitrogens with zero attached hydrogens (tertiary/aromatic N) is 4. The van der Waals surface area contributed by atoms with Gasteiger partial charge in [0.05, 0.1) is 5.69 Å². The van der Waals surface area contributed by atoms with E-state index in [9.17, 15) is 0 Å². The third-order valence-corrected chi connectivity index (χ3v) is 3.64. The molecule has 2 rings (SSSR count). The van der Waals surface area contributed by atoms with Crippen molar-refractivity contribution < 1.29 is 27.9 Å². The summed E-state index contributed by atoms with van der Waals surface area (Å²) in [5.41, 5.74) is 3.22. The molecule has 2 aromatic rings. The molecule has 4 nitrogen and oxygen atoms in total. The van der Waals surface area contributed by atoms with Crippen molar-refractivity contribution in [2.45, 2.75) is 6.92 Å². The van der Waals surface area contributed by atoms with Gasteiger partial charge in [-0.2, -0.15) is 0 Å². The first-order valence-electron chi connectivity index (χ1n) is 5.72. The minimum Gasteiger partial charge on any atom is -1.00 e. The van der Waals surface area contributed by atoms with E-state index in [1.165, 1.54) is 5.69 Å². The summed E-state index contributed by atoms with van der Waals surface area (Å²) >= 11 is 1.59. The maximum absolute atomic E-state index is 4.24. The molecule has 0 radical (unpaired) electrons. The summed E-state index contributed by atoms with van der Waals surface area (Å²) in [7, 11) is 6.06. The molecule has 0 aliphatic carbocycles. The van der Waals surface area contributed by atoms with E-state index < -0.39 is 0 Å². The largest absolute Gasteiger partial charge is 1.00 e. The van der Waals surface area contributed by atoms with Crippen molar-refractivity contribution in [3.8, 4) is 0 Å². The normalized spacial score (nSPS) is 10.5. The van der Waals surface area contributed by atoms with Gasteiger partial charge in [0.1, 0.15) is 0 Å². The maximum Gasteiger partial charge on any atom is 0.208 e. The van der Waals surface area contributed by atoms with Gasteiger partial charge in [0, 0.05) is 32.8 Å². The molecule has 0 aliphatic heterocycles. The van der Waals surface area contributed by atoms with Crippen LogP contribution >= 0.6 is 11.5 Å². The Labute approximate surface area is 135 Å². The summed E-state index contributed by atoms with van der Waals surface area (Å²) in [6.45, 7) is 2.06. The summed E-state index contributed by atoms with van der Waals surface area (Å²) in [6.07, 6.45) is 0. The molecule has 0 saturated heterocycles. The minimum atomic E-state index is 0. The van der Waals surface area contributed by atoms with Crippen LogP contribution in [0, 0.1) is 6.92 Å². The molecular weight excluding hydrogens is 371 g/mol. The van der Waals surface area contributed by atoms with Crippen molar-refractivity contribution in [1.29, 1.82) is 0 Å². The summed E-state index contributed by atoms with van der Waals surface area (Å²) in [5.74, 6) is 0. The van der Waals surface area contributed by atoms with E-state index in [4.69, 9.17) is 0 Å². The SMILES string of the molecule is Cc1cc(N=Nc2ccc(N(C)C)cc2)s[n+]1C.[I-]. The fourth-order valence-corrected chi connectivity index (χ4v) is 2.26. The Kier molecular flexibility index (Phi) is 5.86. The average Bonchev–Trinajstić information content (AvgIpc) is 2.67. The first-order valence-corrected chi connectivity index (χ1v) is 6.49. The van der Waals surface area contributed by atoms with Gasteiger partial charge in [-0.05, 0) is 24.3 Å². The van der Waals surface area contributed by atoms with Gasteiger partial charge in [-0.15, -0.1) is 14.2 Å². The number of halogens is 1. The van der Waals surface area contributed by atoms with Crippen LogP contribution in [0.5, 0.6) is 0 Å². The number of anilines is 1. The van der Waals surface area contributed by atoms with Crippen LogP contribution in [-0.4, -0.2) is 14.1 Å². The van der Waals surface area contributed by atoms with E-state index in [0.717, 1.165) is 16.4 Å². The molecule has 102 valence electrons. The smallest absolute Gasteiger partial charge is 0.208 e. The molecule has 0 N–H and O–H groups in total. The lowest BCUT2D eigenvalue weighted by atomic mass is 10.3. The van der Waals surface area contributed by atoms with Crippen LogP contribution in [0.2, 0.25) is 0 Å². The zero-order valence-electron chi connectivity index (χ0n) is 11.5. The number of azo groups is 1. The Bertz CT molecular complexity index is 541. The average molecular weight is 388 g/mol. The van der Waals surface area contributed by atoms with Gasteiger partial charge < -0.3 is 28.9 Å². The van der Waals surface area contributed by atoms with E-state index in [1.807, 2.05) is 51.5 Å². The fourth-order valence-electron chi connectivity index (χ4n) is 1.48. The molecule has 0 fully saturated rings. The number of aryl methyl sites for hydroxylation is 2. The molecule has 0 amide bonds. The highest BCUT2D eigenvalue weighted by Crippen LogP contribution is 2.23. The predicted molar refractivity (Wildman–Crippen MR) is 75.2 cm³/mol. The predicted octanol–water partition coefficient (Wildman–Crippen LogP) is 0.366. The molecule has 0 bridgehead atoms. The molecule has 0 saturated carbocycles. The molecule has 0 unspecified atom stereocenters. The lowest BCUT2D eigenvalue weighted by Crippen LogP contribution is -3.00. The van der Waals surface area contributed by atoms with Crippen LogP contribution < -0.4 is 32.8 Å². The van der Waals surface area contributed by atoms with Crippen molar-refractivity contribution in [2.75, 3.05) is 19.0 Å². The van der Waals surface area contributed by atoms with Crippen molar-refractivity contribution in [1.82, 2.24) is 0 Å². The molecule has 0 aliphatic rings. The van der Waals surface area contributed by atoms with Crippen molar-refractivity contribution in [2.24, 2.45) is 17.3 Å². The zero-order chi connectivity index (χ0) is 13.1. The van der Waals surface area contributed by atoms with Gasteiger partial charge in [-0.1, -0.05) is 0 Å². The maximum atomic E-state index is 4.24. The van der Waals surface area contributed by atoms with Gasteiger partial charge in [-0.25, -0.2) is 0 Å². The van der Waals surface area contributed by atoms with Gasteiger partial charge in [0.25, 0.3) is 0 Å². The number of aromatic nitrogens is 1. The second kappa shape index (κ2) is 6.95. The molecule has 1 aromatic heterocycles. The number of benzene rings is 1. The highest BCUT2D eigenvalue weighted by molar-refractivity contribution is 7.05. The van der Waals surface area contributed by atoms with Gasteiger partial charge in [0.15, 0.2) is 24.3 Å². The standard InChI is InChI=1S/C13H17N4S.HI/c1-10-9-13(18-17(10)4)15-14-11-5-7-12(8-6-11)16(2)3;/h5-9H,1-4H3;1H/q+1;/p-1. The molecule has 0 spiro atoms. The third kappa shape index (κ3) is 4.24. The van der Waals surface area contributed by atoms with Crippen LogP contribution in [0.1, 0.15) is 5.69 Å². The van der Waals surface area contributed by atoms with E-state index in [1.54, 1.807) is 11.5 Å². The quantitative estimate of drug-likeness (QED) is 0.425. The van der Waals surface area contributed by atoms with E-state index in [-0.39, 0.29) is 24.0 Å². The van der Waals surface area contributed by atoms with E-state index in [2.05, 4.69) is 26.0 Å². The first-order chi connectivity index (χ1) is 8.56. The van der Waals surface area contributed by atoms with Crippen molar-refractivity contribution in [3.63, 3.8) is 0 Å². The van der Waals surface area contributed by atoms with Crippen molar-refractivity contribution >= 4 is 27.9 Å². The molecule has 19 heavy (non-hydrogen) atoms. The van der Waals surface area contributed by atoms with Gasteiger partial charge in [-0.3, -0.25) is 0 Å². The highest BCUT2D eigenvalue weighted by atomic mass is 127.